The Morgan fingerprint density at radius 1 is 0.906 bits per heavy atom. The first-order valence-electron chi connectivity index (χ1n) is 9.95. The SMILES string of the molecule is Cc1nc(Oc2ccc(NS(=O)(=O)c3ccc(C)c(C)c3)cc2)cc(-n2ccnc2C)n1. The molecule has 0 saturated heterocycles. The Morgan fingerprint density at radius 3 is 2.31 bits per heavy atom. The molecule has 0 unspecified atom stereocenters. The summed E-state index contributed by atoms with van der Waals surface area (Å²) in [5.41, 5.74) is 2.39. The number of anilines is 1. The molecule has 0 aliphatic carbocycles. The molecule has 4 rings (SSSR count). The number of aromatic nitrogens is 4. The summed E-state index contributed by atoms with van der Waals surface area (Å²) in [6.07, 6.45) is 3.52. The van der Waals surface area contributed by atoms with E-state index < -0.39 is 10.0 Å². The van der Waals surface area contributed by atoms with Gasteiger partial charge in [0.15, 0.2) is 0 Å². The lowest BCUT2D eigenvalue weighted by Gasteiger charge is -2.11. The van der Waals surface area contributed by atoms with Crippen molar-refractivity contribution in [2.24, 2.45) is 0 Å². The quantitative estimate of drug-likeness (QED) is 0.466. The fourth-order valence-electron chi connectivity index (χ4n) is 3.13. The van der Waals surface area contributed by atoms with Gasteiger partial charge in [-0.3, -0.25) is 9.29 Å². The Balaban J connectivity index is 1.51. The van der Waals surface area contributed by atoms with Crippen LogP contribution in [0.4, 0.5) is 5.69 Å². The van der Waals surface area contributed by atoms with E-state index in [-0.39, 0.29) is 4.90 Å². The molecule has 1 N–H and O–H groups in total. The lowest BCUT2D eigenvalue weighted by Crippen LogP contribution is -2.13. The van der Waals surface area contributed by atoms with E-state index >= 15 is 0 Å². The van der Waals surface area contributed by atoms with Gasteiger partial charge < -0.3 is 4.74 Å². The van der Waals surface area contributed by atoms with Gasteiger partial charge in [-0.25, -0.2) is 18.4 Å². The lowest BCUT2D eigenvalue weighted by atomic mass is 10.1. The second-order valence-corrected chi connectivity index (χ2v) is 9.12. The first-order valence-corrected chi connectivity index (χ1v) is 11.4. The zero-order valence-corrected chi connectivity index (χ0v) is 19.0. The zero-order chi connectivity index (χ0) is 22.9. The van der Waals surface area contributed by atoms with E-state index in [0.29, 0.717) is 29.0 Å². The van der Waals surface area contributed by atoms with Gasteiger partial charge in [0.05, 0.1) is 4.90 Å². The lowest BCUT2D eigenvalue weighted by molar-refractivity contribution is 0.459. The molecular weight excluding hydrogens is 426 g/mol. The molecule has 2 aromatic heterocycles. The number of nitrogens with zero attached hydrogens (tertiary/aromatic N) is 4. The minimum absolute atomic E-state index is 0.222. The Bertz CT molecular complexity index is 1380. The molecule has 9 heteroatoms. The van der Waals surface area contributed by atoms with Crippen LogP contribution in [0.15, 0.2) is 65.8 Å². The average molecular weight is 450 g/mol. The van der Waals surface area contributed by atoms with Gasteiger partial charge in [-0.15, -0.1) is 0 Å². The molecule has 0 amide bonds. The highest BCUT2D eigenvalue weighted by atomic mass is 32.2. The van der Waals surface area contributed by atoms with Crippen LogP contribution >= 0.6 is 0 Å². The van der Waals surface area contributed by atoms with Crippen LogP contribution in [0.3, 0.4) is 0 Å². The number of nitrogens with one attached hydrogen (secondary N) is 1. The molecule has 0 atom stereocenters. The molecule has 32 heavy (non-hydrogen) atoms. The molecule has 8 nitrogen and oxygen atoms in total. The van der Waals surface area contributed by atoms with E-state index in [1.54, 1.807) is 61.7 Å². The van der Waals surface area contributed by atoms with Gasteiger partial charge >= 0.3 is 0 Å². The summed E-state index contributed by atoms with van der Waals surface area (Å²) < 4.78 is 35.7. The van der Waals surface area contributed by atoms with Crippen molar-refractivity contribution < 1.29 is 13.2 Å². The van der Waals surface area contributed by atoms with Crippen molar-refractivity contribution >= 4 is 15.7 Å². The van der Waals surface area contributed by atoms with Crippen molar-refractivity contribution in [3.8, 4) is 17.4 Å². The molecular formula is C23H23N5O3S. The standard InChI is InChI=1S/C23H23N5O3S/c1-15-5-10-21(13-16(15)2)32(29,30)27-19-6-8-20(9-7-19)31-23-14-22(25-17(3)26-23)28-12-11-24-18(28)4/h5-14,27H,1-4H3. The predicted octanol–water partition coefficient (Wildman–Crippen LogP) is 4.49. The van der Waals surface area contributed by atoms with Crippen molar-refractivity contribution in [2.75, 3.05) is 4.72 Å². The zero-order valence-electron chi connectivity index (χ0n) is 18.2. The molecule has 2 heterocycles. The highest BCUT2D eigenvalue weighted by Crippen LogP contribution is 2.25. The van der Waals surface area contributed by atoms with Crippen LogP contribution in [0.5, 0.6) is 11.6 Å². The normalized spacial score (nSPS) is 11.4. The second-order valence-electron chi connectivity index (χ2n) is 7.43. The third-order valence-corrected chi connectivity index (χ3v) is 6.37. The second kappa shape index (κ2) is 8.43. The van der Waals surface area contributed by atoms with Gasteiger partial charge in [0.2, 0.25) is 5.88 Å². The first kappa shape index (κ1) is 21.5. The molecule has 164 valence electrons. The van der Waals surface area contributed by atoms with Crippen LogP contribution in [0.2, 0.25) is 0 Å². The number of hydrogen-bond donors (Lipinski definition) is 1. The summed E-state index contributed by atoms with van der Waals surface area (Å²) in [4.78, 5) is 13.2. The molecule has 0 aliphatic rings. The third-order valence-electron chi connectivity index (χ3n) is 4.99. The number of sulfonamides is 1. The molecule has 0 radical (unpaired) electrons. The maximum Gasteiger partial charge on any atom is 0.261 e. The summed E-state index contributed by atoms with van der Waals surface area (Å²) in [5.74, 6) is 2.91. The van der Waals surface area contributed by atoms with E-state index in [0.717, 1.165) is 17.0 Å². The summed E-state index contributed by atoms with van der Waals surface area (Å²) >= 11 is 0. The summed E-state index contributed by atoms with van der Waals surface area (Å²) in [6, 6.07) is 13.4. The largest absolute Gasteiger partial charge is 0.439 e. The number of aryl methyl sites for hydroxylation is 4. The minimum Gasteiger partial charge on any atom is -0.439 e. The smallest absolute Gasteiger partial charge is 0.261 e. The van der Waals surface area contributed by atoms with Crippen molar-refractivity contribution in [2.45, 2.75) is 32.6 Å². The maximum absolute atomic E-state index is 12.7. The maximum atomic E-state index is 12.7. The van der Waals surface area contributed by atoms with Gasteiger partial charge in [0, 0.05) is 24.1 Å². The van der Waals surface area contributed by atoms with E-state index in [1.807, 2.05) is 31.5 Å². The van der Waals surface area contributed by atoms with E-state index in [1.165, 1.54) is 0 Å². The van der Waals surface area contributed by atoms with Crippen molar-refractivity contribution in [1.29, 1.82) is 0 Å². The van der Waals surface area contributed by atoms with Gasteiger partial charge in [0.1, 0.15) is 23.2 Å². The van der Waals surface area contributed by atoms with Gasteiger partial charge in [0.25, 0.3) is 10.0 Å². The summed E-state index contributed by atoms with van der Waals surface area (Å²) in [7, 11) is -3.68. The molecule has 0 bridgehead atoms. The number of benzene rings is 2. The summed E-state index contributed by atoms with van der Waals surface area (Å²) in [6.45, 7) is 7.49. The molecule has 2 aromatic carbocycles. The molecule has 0 fully saturated rings. The first-order chi connectivity index (χ1) is 15.2. The molecule has 4 aromatic rings. The van der Waals surface area contributed by atoms with E-state index in [4.69, 9.17) is 4.74 Å². The summed E-state index contributed by atoms with van der Waals surface area (Å²) in [5, 5.41) is 0. The van der Waals surface area contributed by atoms with Crippen molar-refractivity contribution in [1.82, 2.24) is 19.5 Å². The fourth-order valence-corrected chi connectivity index (χ4v) is 4.27. The Kier molecular flexibility index (Phi) is 5.67. The predicted molar refractivity (Wildman–Crippen MR) is 122 cm³/mol. The number of imidazole rings is 1. The number of hydrogen-bond acceptors (Lipinski definition) is 6. The van der Waals surface area contributed by atoms with Crippen LogP contribution in [-0.4, -0.2) is 27.9 Å². The molecule has 0 saturated carbocycles. The third kappa shape index (κ3) is 4.62. The van der Waals surface area contributed by atoms with Crippen molar-refractivity contribution in [3.63, 3.8) is 0 Å². The Labute approximate surface area is 187 Å². The van der Waals surface area contributed by atoms with Gasteiger partial charge in [-0.2, -0.15) is 4.98 Å². The van der Waals surface area contributed by atoms with Crippen LogP contribution in [0.25, 0.3) is 5.82 Å². The van der Waals surface area contributed by atoms with E-state index in [2.05, 4.69) is 19.7 Å². The topological polar surface area (TPSA) is 99.0 Å². The van der Waals surface area contributed by atoms with Crippen LogP contribution in [0, 0.1) is 27.7 Å². The van der Waals surface area contributed by atoms with Crippen LogP contribution in [0.1, 0.15) is 22.8 Å². The number of ether oxygens (including phenoxy) is 1. The average Bonchev–Trinajstić information content (AvgIpc) is 3.17. The van der Waals surface area contributed by atoms with Gasteiger partial charge in [-0.05, 0) is 75.2 Å². The monoisotopic (exact) mass is 449 g/mol. The molecule has 0 spiro atoms. The number of rotatable bonds is 6. The van der Waals surface area contributed by atoms with E-state index in [9.17, 15) is 8.42 Å². The minimum atomic E-state index is -3.68. The Hall–Kier alpha value is -3.72. The van der Waals surface area contributed by atoms with Crippen LogP contribution in [-0.2, 0) is 10.0 Å². The van der Waals surface area contributed by atoms with Crippen LogP contribution < -0.4 is 9.46 Å². The molecule has 0 aliphatic heterocycles. The highest BCUT2D eigenvalue weighted by molar-refractivity contribution is 7.92. The highest BCUT2D eigenvalue weighted by Gasteiger charge is 2.15. The van der Waals surface area contributed by atoms with Gasteiger partial charge in [-0.1, -0.05) is 6.07 Å². The van der Waals surface area contributed by atoms with Crippen molar-refractivity contribution in [3.05, 3.63) is 83.7 Å². The Morgan fingerprint density at radius 2 is 1.66 bits per heavy atom. The fraction of sp³-hybridized carbons (Fsp3) is 0.174.